The fourth-order valence-electron chi connectivity index (χ4n) is 2.61. The Balaban J connectivity index is 1.77. The summed E-state index contributed by atoms with van der Waals surface area (Å²) in [5, 5.41) is 4.80. The smallest absolute Gasteiger partial charge is 0.0504 e. The van der Waals surface area contributed by atoms with Crippen molar-refractivity contribution < 1.29 is 4.74 Å². The predicted molar refractivity (Wildman–Crippen MR) is 87.6 cm³/mol. The lowest BCUT2D eigenvalue weighted by Gasteiger charge is -2.12. The number of rotatable bonds is 6. The van der Waals surface area contributed by atoms with E-state index in [9.17, 15) is 0 Å². The third-order valence-corrected chi connectivity index (χ3v) is 3.74. The number of hydrogen-bond donors (Lipinski definition) is 2. The molecule has 0 bridgehead atoms. The number of aromatic amines is 1. The molecule has 0 atom stereocenters. The molecule has 0 amide bonds. The molecule has 1 heterocycles. The molecule has 0 spiro atoms. The van der Waals surface area contributed by atoms with Crippen molar-refractivity contribution in [1.29, 1.82) is 0 Å². The molecule has 21 heavy (non-hydrogen) atoms. The zero-order valence-electron chi connectivity index (χ0n) is 12.2. The fourth-order valence-corrected chi connectivity index (χ4v) is 2.61. The molecule has 3 heteroatoms. The van der Waals surface area contributed by atoms with E-state index in [-0.39, 0.29) is 0 Å². The van der Waals surface area contributed by atoms with Gasteiger partial charge in [0.25, 0.3) is 0 Å². The molecule has 0 aliphatic heterocycles. The van der Waals surface area contributed by atoms with Gasteiger partial charge in [-0.25, -0.2) is 0 Å². The number of ether oxygens (including phenoxy) is 1. The zero-order chi connectivity index (χ0) is 14.5. The van der Waals surface area contributed by atoms with Crippen molar-refractivity contribution in [3.8, 4) is 0 Å². The monoisotopic (exact) mass is 280 g/mol. The van der Waals surface area contributed by atoms with Gasteiger partial charge in [0, 0.05) is 25.5 Å². The van der Waals surface area contributed by atoms with E-state index in [0.717, 1.165) is 19.6 Å². The van der Waals surface area contributed by atoms with E-state index < -0.39 is 0 Å². The van der Waals surface area contributed by atoms with E-state index in [0.29, 0.717) is 0 Å². The minimum Gasteiger partial charge on any atom is -0.384 e. The van der Waals surface area contributed by atoms with Gasteiger partial charge in [-0.05, 0) is 35.1 Å². The molecule has 108 valence electrons. The van der Waals surface area contributed by atoms with Crippen LogP contribution in [0.2, 0.25) is 0 Å². The van der Waals surface area contributed by atoms with E-state index in [4.69, 9.17) is 4.74 Å². The van der Waals surface area contributed by atoms with Crippen LogP contribution in [0.5, 0.6) is 0 Å². The van der Waals surface area contributed by atoms with Crippen LogP contribution in [0.25, 0.3) is 10.9 Å². The van der Waals surface area contributed by atoms with Crippen LogP contribution in [0.4, 0.5) is 5.69 Å². The molecular formula is C18H20N2O. The number of H-pyrrole nitrogens is 1. The van der Waals surface area contributed by atoms with Crippen LogP contribution in [0.3, 0.4) is 0 Å². The van der Waals surface area contributed by atoms with Crippen molar-refractivity contribution in [3.05, 3.63) is 65.9 Å². The third kappa shape index (κ3) is 3.09. The molecule has 0 radical (unpaired) electrons. The van der Waals surface area contributed by atoms with Crippen LogP contribution in [0.15, 0.2) is 54.7 Å². The maximum atomic E-state index is 5.18. The molecule has 2 N–H and O–H groups in total. The first kappa shape index (κ1) is 13.7. The van der Waals surface area contributed by atoms with Crippen molar-refractivity contribution in [2.75, 3.05) is 19.0 Å². The van der Waals surface area contributed by atoms with Crippen LogP contribution >= 0.6 is 0 Å². The fraction of sp³-hybridized carbons (Fsp3) is 0.222. The number of hydrogen-bond acceptors (Lipinski definition) is 2. The summed E-state index contributed by atoms with van der Waals surface area (Å²) >= 11 is 0. The molecule has 0 aliphatic rings. The topological polar surface area (TPSA) is 37.0 Å². The molecule has 3 aromatic rings. The highest BCUT2D eigenvalue weighted by Gasteiger charge is 2.04. The minimum absolute atomic E-state index is 0.741. The quantitative estimate of drug-likeness (QED) is 0.717. The van der Waals surface area contributed by atoms with E-state index in [1.54, 1.807) is 7.11 Å². The average Bonchev–Trinajstić information content (AvgIpc) is 3.01. The van der Waals surface area contributed by atoms with Gasteiger partial charge in [-0.15, -0.1) is 0 Å². The number of fused-ring (bicyclic) bond motifs is 1. The molecule has 1 aromatic heterocycles. The summed E-state index contributed by atoms with van der Waals surface area (Å²) in [4.78, 5) is 3.31. The summed E-state index contributed by atoms with van der Waals surface area (Å²) in [7, 11) is 1.74. The first-order valence-corrected chi connectivity index (χ1v) is 7.24. The summed E-state index contributed by atoms with van der Waals surface area (Å²) in [5.74, 6) is 0. The SMILES string of the molecule is COCCc1ccccc1NCc1cccc2cc[nH]c12. The first-order chi connectivity index (χ1) is 10.4. The van der Waals surface area contributed by atoms with Gasteiger partial charge in [0.05, 0.1) is 12.1 Å². The van der Waals surface area contributed by atoms with Gasteiger partial charge in [0.15, 0.2) is 0 Å². The Morgan fingerprint density at radius 2 is 1.86 bits per heavy atom. The molecule has 2 aromatic carbocycles. The van der Waals surface area contributed by atoms with Gasteiger partial charge in [-0.2, -0.15) is 0 Å². The Kier molecular flexibility index (Phi) is 4.22. The highest BCUT2D eigenvalue weighted by atomic mass is 16.5. The molecule has 0 aliphatic carbocycles. The second-order valence-corrected chi connectivity index (χ2v) is 5.11. The summed E-state index contributed by atoms with van der Waals surface area (Å²) in [6.07, 6.45) is 2.91. The van der Waals surface area contributed by atoms with Crippen molar-refractivity contribution in [2.24, 2.45) is 0 Å². The Labute approximate surface area is 125 Å². The maximum absolute atomic E-state index is 5.18. The first-order valence-electron chi connectivity index (χ1n) is 7.24. The second-order valence-electron chi connectivity index (χ2n) is 5.11. The Hall–Kier alpha value is -2.26. The Morgan fingerprint density at radius 3 is 2.76 bits per heavy atom. The number of anilines is 1. The van der Waals surface area contributed by atoms with Gasteiger partial charge in [-0.3, -0.25) is 0 Å². The molecule has 3 rings (SSSR count). The van der Waals surface area contributed by atoms with E-state index in [1.807, 2.05) is 6.20 Å². The summed E-state index contributed by atoms with van der Waals surface area (Å²) in [5.41, 5.74) is 4.95. The standard InChI is InChI=1S/C18H20N2O/c1-21-12-10-14-5-2-3-8-17(14)20-13-16-7-4-6-15-9-11-19-18(15)16/h2-9,11,19-20H,10,12-13H2,1H3. The largest absolute Gasteiger partial charge is 0.384 e. The normalized spacial score (nSPS) is 10.9. The Bertz CT molecular complexity index is 718. The van der Waals surface area contributed by atoms with E-state index in [1.165, 1.54) is 27.7 Å². The highest BCUT2D eigenvalue weighted by Crippen LogP contribution is 2.20. The maximum Gasteiger partial charge on any atom is 0.0504 e. The molecule has 0 unspecified atom stereocenters. The van der Waals surface area contributed by atoms with Crippen molar-refractivity contribution in [3.63, 3.8) is 0 Å². The van der Waals surface area contributed by atoms with Crippen LogP contribution in [-0.2, 0) is 17.7 Å². The van der Waals surface area contributed by atoms with Gasteiger partial charge in [0.2, 0.25) is 0 Å². The molecule has 0 saturated heterocycles. The number of para-hydroxylation sites is 2. The number of aromatic nitrogens is 1. The lowest BCUT2D eigenvalue weighted by molar-refractivity contribution is 0.202. The van der Waals surface area contributed by atoms with Gasteiger partial charge in [-0.1, -0.05) is 36.4 Å². The molecule has 3 nitrogen and oxygen atoms in total. The van der Waals surface area contributed by atoms with Gasteiger partial charge in [0.1, 0.15) is 0 Å². The molecule has 0 saturated carbocycles. The van der Waals surface area contributed by atoms with Crippen molar-refractivity contribution >= 4 is 16.6 Å². The van der Waals surface area contributed by atoms with Crippen LogP contribution in [0.1, 0.15) is 11.1 Å². The third-order valence-electron chi connectivity index (χ3n) is 3.74. The number of benzene rings is 2. The van der Waals surface area contributed by atoms with Crippen LogP contribution < -0.4 is 5.32 Å². The van der Waals surface area contributed by atoms with Gasteiger partial charge >= 0.3 is 0 Å². The van der Waals surface area contributed by atoms with Crippen molar-refractivity contribution in [2.45, 2.75) is 13.0 Å². The van der Waals surface area contributed by atoms with Crippen molar-refractivity contribution in [1.82, 2.24) is 4.98 Å². The number of methoxy groups -OCH3 is 1. The average molecular weight is 280 g/mol. The lowest BCUT2D eigenvalue weighted by Crippen LogP contribution is -2.04. The van der Waals surface area contributed by atoms with Gasteiger partial charge < -0.3 is 15.0 Å². The lowest BCUT2D eigenvalue weighted by atomic mass is 10.1. The van der Waals surface area contributed by atoms with E-state index in [2.05, 4.69) is 58.8 Å². The van der Waals surface area contributed by atoms with E-state index >= 15 is 0 Å². The predicted octanol–water partition coefficient (Wildman–Crippen LogP) is 3.97. The summed E-state index contributed by atoms with van der Waals surface area (Å²) in [6.45, 7) is 1.55. The Morgan fingerprint density at radius 1 is 1.00 bits per heavy atom. The van der Waals surface area contributed by atoms with Crippen LogP contribution in [0, 0.1) is 0 Å². The summed E-state index contributed by atoms with van der Waals surface area (Å²) < 4.78 is 5.18. The second kappa shape index (κ2) is 6.46. The minimum atomic E-state index is 0.741. The number of nitrogens with one attached hydrogen (secondary N) is 2. The zero-order valence-corrected chi connectivity index (χ0v) is 12.2. The highest BCUT2D eigenvalue weighted by molar-refractivity contribution is 5.82. The molecular weight excluding hydrogens is 260 g/mol. The summed E-state index contributed by atoms with van der Waals surface area (Å²) in [6, 6.07) is 16.9. The molecule has 0 fully saturated rings. The van der Waals surface area contributed by atoms with Crippen LogP contribution in [-0.4, -0.2) is 18.7 Å².